The van der Waals surface area contributed by atoms with Gasteiger partial charge in [-0.25, -0.2) is 4.79 Å². The molecule has 2 aromatic carbocycles. The first kappa shape index (κ1) is 34.0. The molecule has 14 atom stereocenters. The number of anilines is 2. The standard InChI is InChI=1S/C39H51N3O8/c1-20(40)25-16-31(43)38-29-17-28(37(46)18-27(48-5)24-15-30(38)39(37,47)32(24)49-6)35(38,2)19-36(25,29)50-34(45)23-9-7-8-10-26(23)41-33(44)21-11-13-22(14-12-21)42(3)4/h7-14,20,24-25,27-32,43,46-47H,15-19,40H2,1-6H3,(H,41,44)/t20-,24-,25?,27+,28?,29?,30?,31+,32+,35-,36+,37+,38?,39+/m1/s1. The zero-order valence-corrected chi connectivity index (χ0v) is 29.8. The topological polar surface area (TPSA) is 164 Å². The lowest BCUT2D eigenvalue weighted by molar-refractivity contribution is -0.331. The Morgan fingerprint density at radius 3 is 2.32 bits per heavy atom. The fourth-order valence-corrected chi connectivity index (χ4v) is 13.4. The van der Waals surface area contributed by atoms with Crippen LogP contribution in [0.25, 0.3) is 0 Å². The van der Waals surface area contributed by atoms with Crippen LogP contribution in [0.3, 0.4) is 0 Å². The Balaban J connectivity index is 1.18. The maximum Gasteiger partial charge on any atom is 0.340 e. The Bertz CT molecular complexity index is 1720. The predicted octanol–water partition coefficient (Wildman–Crippen LogP) is 3.21. The molecule has 6 fully saturated rings. The maximum atomic E-state index is 14.5. The van der Waals surface area contributed by atoms with Gasteiger partial charge in [0.15, 0.2) is 0 Å². The average Bonchev–Trinajstić information content (AvgIpc) is 3.56. The Labute approximate surface area is 293 Å². The van der Waals surface area contributed by atoms with Crippen molar-refractivity contribution in [2.75, 3.05) is 38.5 Å². The molecular weight excluding hydrogens is 638 g/mol. The first-order chi connectivity index (χ1) is 23.6. The van der Waals surface area contributed by atoms with Crippen molar-refractivity contribution in [3.05, 3.63) is 59.7 Å². The lowest BCUT2D eigenvalue weighted by atomic mass is 9.42. The molecule has 0 aliphatic heterocycles. The van der Waals surface area contributed by atoms with E-state index in [0.717, 1.165) is 5.69 Å². The summed E-state index contributed by atoms with van der Waals surface area (Å²) in [7, 11) is 7.08. The molecule has 2 aromatic rings. The number of amides is 1. The first-order valence-electron chi connectivity index (χ1n) is 18.0. The number of nitrogens with two attached hydrogens (primary N) is 1. The van der Waals surface area contributed by atoms with Gasteiger partial charge in [0.25, 0.3) is 5.91 Å². The maximum absolute atomic E-state index is 14.5. The first-order valence-corrected chi connectivity index (χ1v) is 18.0. The minimum atomic E-state index is -1.61. The van der Waals surface area contributed by atoms with Crippen LogP contribution in [-0.2, 0) is 14.2 Å². The fraction of sp³-hybridized carbons (Fsp3) is 0.641. The van der Waals surface area contributed by atoms with E-state index < -0.39 is 63.7 Å². The van der Waals surface area contributed by atoms with Gasteiger partial charge in [-0.2, -0.15) is 0 Å². The second-order valence-corrected chi connectivity index (χ2v) is 16.7. The van der Waals surface area contributed by atoms with Crippen LogP contribution in [0.1, 0.15) is 66.7 Å². The van der Waals surface area contributed by atoms with Crippen LogP contribution in [0.4, 0.5) is 11.4 Å². The van der Waals surface area contributed by atoms with Crippen molar-refractivity contribution in [1.82, 2.24) is 0 Å². The van der Waals surface area contributed by atoms with Crippen molar-refractivity contribution in [3.8, 4) is 0 Å². The van der Waals surface area contributed by atoms with Crippen molar-refractivity contribution in [1.29, 1.82) is 0 Å². The molecule has 50 heavy (non-hydrogen) atoms. The molecule has 0 aromatic heterocycles. The van der Waals surface area contributed by atoms with Gasteiger partial charge in [0.2, 0.25) is 0 Å². The molecule has 270 valence electrons. The van der Waals surface area contributed by atoms with Gasteiger partial charge in [-0.05, 0) is 80.3 Å². The van der Waals surface area contributed by atoms with Crippen LogP contribution in [0, 0.1) is 40.4 Å². The molecule has 11 nitrogen and oxygen atoms in total. The van der Waals surface area contributed by atoms with E-state index in [4.69, 9.17) is 19.9 Å². The van der Waals surface area contributed by atoms with Crippen LogP contribution in [0.15, 0.2) is 48.5 Å². The molecule has 0 saturated heterocycles. The largest absolute Gasteiger partial charge is 0.455 e. The number of aliphatic hydroxyl groups excluding tert-OH is 1. The van der Waals surface area contributed by atoms with Crippen LogP contribution >= 0.6 is 0 Å². The van der Waals surface area contributed by atoms with Crippen molar-refractivity contribution in [2.24, 2.45) is 46.2 Å². The van der Waals surface area contributed by atoms with Gasteiger partial charge >= 0.3 is 5.97 Å². The molecule has 6 saturated carbocycles. The molecule has 5 unspecified atom stereocenters. The smallest absolute Gasteiger partial charge is 0.340 e. The number of rotatable bonds is 8. The molecule has 0 radical (unpaired) electrons. The summed E-state index contributed by atoms with van der Waals surface area (Å²) in [6.07, 6.45) is 0.135. The molecule has 1 amide bonds. The van der Waals surface area contributed by atoms with Gasteiger partial charge in [-0.1, -0.05) is 19.1 Å². The molecular formula is C39H51N3O8. The lowest BCUT2D eigenvalue weighted by Crippen LogP contribution is -2.78. The highest BCUT2D eigenvalue weighted by Crippen LogP contribution is 2.88. The van der Waals surface area contributed by atoms with Crippen LogP contribution in [-0.4, -0.2) is 96.7 Å². The van der Waals surface area contributed by atoms with Crippen LogP contribution in [0.5, 0.6) is 0 Å². The molecule has 7 bridgehead atoms. The molecule has 6 N–H and O–H groups in total. The number of para-hydroxylation sites is 1. The summed E-state index contributed by atoms with van der Waals surface area (Å²) < 4.78 is 18.8. The average molecular weight is 690 g/mol. The van der Waals surface area contributed by atoms with E-state index in [9.17, 15) is 24.9 Å². The van der Waals surface area contributed by atoms with Gasteiger partial charge in [0, 0.05) is 81.1 Å². The van der Waals surface area contributed by atoms with E-state index in [1.807, 2.05) is 38.1 Å². The Kier molecular flexibility index (Phi) is 7.47. The van der Waals surface area contributed by atoms with E-state index in [1.165, 1.54) is 0 Å². The van der Waals surface area contributed by atoms with Crippen LogP contribution in [0.2, 0.25) is 0 Å². The third-order valence-corrected chi connectivity index (χ3v) is 14.9. The minimum absolute atomic E-state index is 0.165. The van der Waals surface area contributed by atoms with Gasteiger partial charge in [-0.3, -0.25) is 4.79 Å². The number of hydrogen-bond acceptors (Lipinski definition) is 10. The molecule has 0 heterocycles. The summed E-state index contributed by atoms with van der Waals surface area (Å²) in [5.41, 5.74) is 2.93. The molecule has 8 rings (SSSR count). The summed E-state index contributed by atoms with van der Waals surface area (Å²) in [6, 6.07) is 13.6. The number of hydrogen-bond donors (Lipinski definition) is 5. The summed E-state index contributed by atoms with van der Waals surface area (Å²) in [5.74, 6) is -2.75. The Morgan fingerprint density at radius 2 is 1.68 bits per heavy atom. The quantitative estimate of drug-likeness (QED) is 0.260. The summed E-state index contributed by atoms with van der Waals surface area (Å²) in [4.78, 5) is 29.8. The molecule has 11 heteroatoms. The second kappa shape index (κ2) is 11.0. The Morgan fingerprint density at radius 1 is 0.980 bits per heavy atom. The summed E-state index contributed by atoms with van der Waals surface area (Å²) >= 11 is 0. The van der Waals surface area contributed by atoms with E-state index in [0.29, 0.717) is 36.9 Å². The van der Waals surface area contributed by atoms with Gasteiger partial charge in [0.1, 0.15) is 16.8 Å². The molecule has 6 aliphatic rings. The number of methoxy groups -OCH3 is 2. The van der Waals surface area contributed by atoms with E-state index in [1.54, 1.807) is 50.6 Å². The molecule has 1 spiro atoms. The zero-order valence-electron chi connectivity index (χ0n) is 29.8. The third kappa shape index (κ3) is 3.86. The molecule has 6 aliphatic carbocycles. The number of nitrogens with one attached hydrogen (secondary N) is 1. The highest BCUT2D eigenvalue weighted by Gasteiger charge is 2.94. The lowest BCUT2D eigenvalue weighted by Gasteiger charge is -2.66. The summed E-state index contributed by atoms with van der Waals surface area (Å²) in [6.45, 7) is 4.02. The van der Waals surface area contributed by atoms with Gasteiger partial charge in [-0.15, -0.1) is 0 Å². The van der Waals surface area contributed by atoms with Crippen molar-refractivity contribution in [2.45, 2.75) is 87.1 Å². The third-order valence-electron chi connectivity index (χ3n) is 14.9. The number of fused-ring (bicyclic) bond motifs is 2. The SMILES string of the molecule is CO[C@H]1C[C@]2(O)C3CC4C5(C6C[C@H]1[C@H](OC)[C@@]62O)[C@@H](O)CC([C@@H](C)N)[C@@]4(OC(=O)c1ccccc1NC(=O)c1ccc(N(C)C)cc1)C[C@]35C. The normalized spacial score (nSPS) is 45.2. The second-order valence-electron chi connectivity index (χ2n) is 16.7. The monoisotopic (exact) mass is 689 g/mol. The zero-order chi connectivity index (χ0) is 35.8. The highest BCUT2D eigenvalue weighted by molar-refractivity contribution is 6.08. The fourth-order valence-electron chi connectivity index (χ4n) is 13.4. The van der Waals surface area contributed by atoms with Crippen molar-refractivity contribution >= 4 is 23.3 Å². The van der Waals surface area contributed by atoms with E-state index in [2.05, 4.69) is 12.2 Å². The Hall–Kier alpha value is -3.06. The van der Waals surface area contributed by atoms with E-state index >= 15 is 0 Å². The summed E-state index contributed by atoms with van der Waals surface area (Å²) in [5, 5.41) is 41.1. The van der Waals surface area contributed by atoms with Gasteiger partial charge in [0.05, 0.1) is 29.6 Å². The van der Waals surface area contributed by atoms with Crippen molar-refractivity contribution in [3.63, 3.8) is 0 Å². The number of carbonyl (C=O) groups is 2. The number of aliphatic hydroxyl groups is 3. The van der Waals surface area contributed by atoms with E-state index in [-0.39, 0.29) is 41.7 Å². The van der Waals surface area contributed by atoms with Gasteiger partial charge < -0.3 is 45.5 Å². The van der Waals surface area contributed by atoms with Crippen molar-refractivity contribution < 1.29 is 39.1 Å². The number of esters is 1. The van der Waals surface area contributed by atoms with Crippen LogP contribution < -0.4 is 16.0 Å². The highest BCUT2D eigenvalue weighted by atomic mass is 16.6. The number of carbonyl (C=O) groups excluding carboxylic acids is 2. The number of benzene rings is 2. The predicted molar refractivity (Wildman–Crippen MR) is 186 cm³/mol. The minimum Gasteiger partial charge on any atom is -0.455 e. The number of ether oxygens (including phenoxy) is 3. The number of nitrogens with zero attached hydrogens (tertiary/aromatic N) is 1.